The fourth-order valence-corrected chi connectivity index (χ4v) is 2.96. The molecule has 5 heteroatoms. The number of aromatic nitrogens is 1. The summed E-state index contributed by atoms with van der Waals surface area (Å²) in [5, 5.41) is 7.79. The summed E-state index contributed by atoms with van der Waals surface area (Å²) in [4.78, 5) is 4.50. The molecule has 0 unspecified atom stereocenters. The molecular weight excluding hydrogens is 281 g/mol. The smallest absolute Gasteiger partial charge is 0.147 e. The van der Waals surface area contributed by atoms with Crippen LogP contribution < -0.4 is 10.6 Å². The SMILES string of the molecule is CCNc1nc(NC2CCCCCC2)c(Cl)cc1Cl. The number of anilines is 2. The molecule has 1 aromatic rings. The van der Waals surface area contributed by atoms with Crippen molar-refractivity contribution in [2.24, 2.45) is 0 Å². The van der Waals surface area contributed by atoms with E-state index in [0.717, 1.165) is 12.4 Å². The van der Waals surface area contributed by atoms with Crippen LogP contribution in [0.4, 0.5) is 11.6 Å². The topological polar surface area (TPSA) is 37.0 Å². The molecule has 2 N–H and O–H groups in total. The van der Waals surface area contributed by atoms with E-state index in [0.29, 0.717) is 21.9 Å². The quantitative estimate of drug-likeness (QED) is 0.772. The second kappa shape index (κ2) is 7.20. The third kappa shape index (κ3) is 4.15. The number of halogens is 2. The highest BCUT2D eigenvalue weighted by Crippen LogP contribution is 2.31. The summed E-state index contributed by atoms with van der Waals surface area (Å²) in [6, 6.07) is 2.23. The first kappa shape index (κ1) is 14.7. The normalized spacial score (nSPS) is 17.0. The van der Waals surface area contributed by atoms with E-state index in [4.69, 9.17) is 23.2 Å². The molecule has 1 heterocycles. The zero-order chi connectivity index (χ0) is 13.7. The maximum absolute atomic E-state index is 6.22. The molecule has 0 bridgehead atoms. The van der Waals surface area contributed by atoms with E-state index < -0.39 is 0 Å². The largest absolute Gasteiger partial charge is 0.369 e. The predicted molar refractivity (Wildman–Crippen MR) is 83.5 cm³/mol. The van der Waals surface area contributed by atoms with E-state index in [1.807, 2.05) is 6.92 Å². The van der Waals surface area contributed by atoms with Crippen molar-refractivity contribution >= 4 is 34.8 Å². The van der Waals surface area contributed by atoms with Gasteiger partial charge in [-0.3, -0.25) is 0 Å². The first-order valence-corrected chi connectivity index (χ1v) is 7.82. The average molecular weight is 302 g/mol. The Kier molecular flexibility index (Phi) is 5.59. The number of rotatable bonds is 4. The molecule has 0 aliphatic heterocycles. The van der Waals surface area contributed by atoms with Crippen LogP contribution in [0, 0.1) is 0 Å². The molecule has 1 saturated carbocycles. The monoisotopic (exact) mass is 301 g/mol. The van der Waals surface area contributed by atoms with Gasteiger partial charge in [0.1, 0.15) is 11.6 Å². The zero-order valence-electron chi connectivity index (χ0n) is 11.3. The first-order valence-electron chi connectivity index (χ1n) is 7.07. The molecule has 3 nitrogen and oxygen atoms in total. The van der Waals surface area contributed by atoms with Gasteiger partial charge in [-0.2, -0.15) is 0 Å². The first-order chi connectivity index (χ1) is 9.20. The number of hydrogen-bond acceptors (Lipinski definition) is 3. The summed E-state index contributed by atoms with van der Waals surface area (Å²) in [7, 11) is 0. The standard InChI is InChI=1S/C14H21Cl2N3/c1-2-17-13-11(15)9-12(16)14(19-13)18-10-7-5-3-4-6-8-10/h9-10H,2-8H2,1H3,(H2,17,18,19). The molecule has 1 aliphatic carbocycles. The van der Waals surface area contributed by atoms with Gasteiger partial charge in [0, 0.05) is 12.6 Å². The summed E-state index contributed by atoms with van der Waals surface area (Å²) in [6.07, 6.45) is 7.62. The van der Waals surface area contributed by atoms with Crippen LogP contribution in [0.3, 0.4) is 0 Å². The highest BCUT2D eigenvalue weighted by Gasteiger charge is 2.15. The van der Waals surface area contributed by atoms with Gasteiger partial charge < -0.3 is 10.6 Å². The van der Waals surface area contributed by atoms with E-state index in [2.05, 4.69) is 15.6 Å². The van der Waals surface area contributed by atoms with E-state index >= 15 is 0 Å². The second-order valence-electron chi connectivity index (χ2n) is 5.01. The Morgan fingerprint density at radius 2 is 1.74 bits per heavy atom. The highest BCUT2D eigenvalue weighted by molar-refractivity contribution is 6.37. The molecule has 106 valence electrons. The Bertz CT molecular complexity index is 415. The second-order valence-corrected chi connectivity index (χ2v) is 5.83. The van der Waals surface area contributed by atoms with Crippen LogP contribution in [0.15, 0.2) is 6.07 Å². The average Bonchev–Trinajstić information content (AvgIpc) is 2.64. The maximum atomic E-state index is 6.22. The van der Waals surface area contributed by atoms with Crippen LogP contribution in [0.5, 0.6) is 0 Å². The third-order valence-corrected chi connectivity index (χ3v) is 4.05. The number of nitrogens with zero attached hydrogens (tertiary/aromatic N) is 1. The Morgan fingerprint density at radius 3 is 2.37 bits per heavy atom. The summed E-state index contributed by atoms with van der Waals surface area (Å²) in [6.45, 7) is 2.81. The van der Waals surface area contributed by atoms with Crippen LogP contribution in [0.1, 0.15) is 45.4 Å². The lowest BCUT2D eigenvalue weighted by Gasteiger charge is -2.19. The van der Waals surface area contributed by atoms with Gasteiger partial charge in [-0.15, -0.1) is 0 Å². The third-order valence-electron chi connectivity index (χ3n) is 3.47. The van der Waals surface area contributed by atoms with E-state index in [1.54, 1.807) is 6.07 Å². The van der Waals surface area contributed by atoms with E-state index in [1.165, 1.54) is 38.5 Å². The minimum Gasteiger partial charge on any atom is -0.369 e. The van der Waals surface area contributed by atoms with Gasteiger partial charge in [-0.05, 0) is 25.8 Å². The van der Waals surface area contributed by atoms with Gasteiger partial charge in [0.05, 0.1) is 10.0 Å². The Hall–Kier alpha value is -0.670. The van der Waals surface area contributed by atoms with Crippen LogP contribution in [0.25, 0.3) is 0 Å². The molecule has 1 fully saturated rings. The van der Waals surface area contributed by atoms with E-state index in [9.17, 15) is 0 Å². The van der Waals surface area contributed by atoms with Gasteiger partial charge in [-0.1, -0.05) is 48.9 Å². The van der Waals surface area contributed by atoms with Gasteiger partial charge in [0.15, 0.2) is 0 Å². The summed E-state index contributed by atoms with van der Waals surface area (Å²) in [5.74, 6) is 1.44. The minimum absolute atomic E-state index is 0.475. The lowest BCUT2D eigenvalue weighted by molar-refractivity contribution is 0.618. The van der Waals surface area contributed by atoms with E-state index in [-0.39, 0.29) is 0 Å². The molecular formula is C14H21Cl2N3. The highest BCUT2D eigenvalue weighted by atomic mass is 35.5. The number of nitrogens with one attached hydrogen (secondary N) is 2. The predicted octanol–water partition coefficient (Wildman–Crippen LogP) is 4.95. The Balaban J connectivity index is 2.11. The fraction of sp³-hybridized carbons (Fsp3) is 0.643. The zero-order valence-corrected chi connectivity index (χ0v) is 12.8. The van der Waals surface area contributed by atoms with Crippen molar-refractivity contribution in [1.82, 2.24) is 4.98 Å². The number of pyridine rings is 1. The molecule has 0 amide bonds. The molecule has 0 spiro atoms. The molecule has 0 radical (unpaired) electrons. The molecule has 1 aliphatic rings. The lowest BCUT2D eigenvalue weighted by Crippen LogP contribution is -2.19. The molecule has 0 saturated heterocycles. The van der Waals surface area contributed by atoms with Crippen molar-refractivity contribution in [2.45, 2.75) is 51.5 Å². The molecule has 1 aromatic heterocycles. The van der Waals surface area contributed by atoms with Crippen molar-refractivity contribution in [3.8, 4) is 0 Å². The Morgan fingerprint density at radius 1 is 1.11 bits per heavy atom. The minimum atomic E-state index is 0.475. The van der Waals surface area contributed by atoms with Crippen LogP contribution in [-0.4, -0.2) is 17.6 Å². The summed E-state index contributed by atoms with van der Waals surface area (Å²) >= 11 is 12.3. The van der Waals surface area contributed by atoms with Crippen molar-refractivity contribution in [3.05, 3.63) is 16.1 Å². The molecule has 0 atom stereocenters. The summed E-state index contributed by atoms with van der Waals surface area (Å²) in [5.41, 5.74) is 0. The fourth-order valence-electron chi connectivity index (χ4n) is 2.48. The molecule has 19 heavy (non-hydrogen) atoms. The van der Waals surface area contributed by atoms with Gasteiger partial charge >= 0.3 is 0 Å². The van der Waals surface area contributed by atoms with Crippen molar-refractivity contribution < 1.29 is 0 Å². The maximum Gasteiger partial charge on any atom is 0.147 e. The van der Waals surface area contributed by atoms with Crippen LogP contribution >= 0.6 is 23.2 Å². The van der Waals surface area contributed by atoms with Crippen LogP contribution in [0.2, 0.25) is 10.0 Å². The van der Waals surface area contributed by atoms with Gasteiger partial charge in [0.2, 0.25) is 0 Å². The Labute approximate surface area is 125 Å². The van der Waals surface area contributed by atoms with Crippen molar-refractivity contribution in [2.75, 3.05) is 17.2 Å². The van der Waals surface area contributed by atoms with Crippen LogP contribution in [-0.2, 0) is 0 Å². The lowest BCUT2D eigenvalue weighted by atomic mass is 10.1. The molecule has 2 rings (SSSR count). The van der Waals surface area contributed by atoms with Crippen molar-refractivity contribution in [3.63, 3.8) is 0 Å². The molecule has 0 aromatic carbocycles. The van der Waals surface area contributed by atoms with Gasteiger partial charge in [0.25, 0.3) is 0 Å². The summed E-state index contributed by atoms with van der Waals surface area (Å²) < 4.78 is 0. The number of hydrogen-bond donors (Lipinski definition) is 2. The van der Waals surface area contributed by atoms with Crippen molar-refractivity contribution in [1.29, 1.82) is 0 Å². The van der Waals surface area contributed by atoms with Gasteiger partial charge in [-0.25, -0.2) is 4.98 Å².